The molecule has 0 saturated carbocycles. The minimum Gasteiger partial charge on any atom is -0.381 e. The Labute approximate surface area is 110 Å². The highest BCUT2D eigenvalue weighted by Gasteiger charge is 2.14. The maximum Gasteiger partial charge on any atom is 0.169 e. The number of hydrogen-bond donors (Lipinski definition) is 1. The number of nitrogens with zero attached hydrogens (tertiary/aromatic N) is 3. The first-order valence-electron chi connectivity index (χ1n) is 5.62. The van der Waals surface area contributed by atoms with Gasteiger partial charge in [0.05, 0.1) is 17.3 Å². The fraction of sp³-hybridized carbons (Fsp3) is 0.333. The van der Waals surface area contributed by atoms with Gasteiger partial charge in [-0.1, -0.05) is 36.7 Å². The van der Waals surface area contributed by atoms with E-state index in [1.807, 2.05) is 13.8 Å². The lowest BCUT2D eigenvalue weighted by molar-refractivity contribution is 0.594. The van der Waals surface area contributed by atoms with Crippen LogP contribution in [0.1, 0.15) is 31.0 Å². The van der Waals surface area contributed by atoms with Gasteiger partial charge in [-0.3, -0.25) is 0 Å². The van der Waals surface area contributed by atoms with E-state index in [0.717, 1.165) is 11.3 Å². The lowest BCUT2D eigenvalue weighted by Crippen LogP contribution is -2.09. The highest BCUT2D eigenvalue weighted by molar-refractivity contribution is 6.30. The van der Waals surface area contributed by atoms with Crippen molar-refractivity contribution < 1.29 is 4.39 Å². The summed E-state index contributed by atoms with van der Waals surface area (Å²) >= 11 is 5.74. The summed E-state index contributed by atoms with van der Waals surface area (Å²) in [5, 5.41) is 7.95. The van der Waals surface area contributed by atoms with Gasteiger partial charge in [0.15, 0.2) is 5.82 Å². The summed E-state index contributed by atoms with van der Waals surface area (Å²) in [6, 6.07) is 4.59. The van der Waals surface area contributed by atoms with E-state index in [0.29, 0.717) is 12.4 Å². The smallest absolute Gasteiger partial charge is 0.169 e. The van der Waals surface area contributed by atoms with E-state index in [4.69, 9.17) is 17.3 Å². The van der Waals surface area contributed by atoms with E-state index in [9.17, 15) is 4.39 Å². The first-order chi connectivity index (χ1) is 8.49. The van der Waals surface area contributed by atoms with Gasteiger partial charge in [0.2, 0.25) is 0 Å². The Kier molecular flexibility index (Phi) is 3.52. The van der Waals surface area contributed by atoms with Gasteiger partial charge in [-0.25, -0.2) is 9.07 Å². The number of hydrogen-bond acceptors (Lipinski definition) is 3. The van der Waals surface area contributed by atoms with Crippen LogP contribution >= 0.6 is 11.6 Å². The molecule has 0 aliphatic carbocycles. The van der Waals surface area contributed by atoms with Gasteiger partial charge in [-0.05, 0) is 23.6 Å². The van der Waals surface area contributed by atoms with E-state index in [2.05, 4.69) is 10.3 Å². The average molecular weight is 269 g/mol. The summed E-state index contributed by atoms with van der Waals surface area (Å²) in [4.78, 5) is 0. The second kappa shape index (κ2) is 4.94. The average Bonchev–Trinajstić information content (AvgIpc) is 2.65. The summed E-state index contributed by atoms with van der Waals surface area (Å²) in [7, 11) is 0. The highest BCUT2D eigenvalue weighted by Crippen LogP contribution is 2.21. The van der Waals surface area contributed by atoms with Gasteiger partial charge in [0.25, 0.3) is 0 Å². The molecular formula is C12H14ClFN4. The quantitative estimate of drug-likeness (QED) is 0.931. The second-order valence-corrected chi connectivity index (χ2v) is 4.83. The topological polar surface area (TPSA) is 56.7 Å². The Morgan fingerprint density at radius 1 is 1.44 bits per heavy atom. The Bertz CT molecular complexity index is 565. The van der Waals surface area contributed by atoms with Crippen molar-refractivity contribution in [3.05, 3.63) is 40.3 Å². The van der Waals surface area contributed by atoms with E-state index in [1.54, 1.807) is 16.8 Å². The van der Waals surface area contributed by atoms with Crippen LogP contribution in [0.25, 0.3) is 0 Å². The summed E-state index contributed by atoms with van der Waals surface area (Å²) in [6.45, 7) is 4.50. The zero-order valence-corrected chi connectivity index (χ0v) is 10.9. The van der Waals surface area contributed by atoms with Crippen molar-refractivity contribution in [1.29, 1.82) is 0 Å². The number of rotatable bonds is 3. The molecule has 0 atom stereocenters. The Balaban J connectivity index is 2.31. The van der Waals surface area contributed by atoms with Gasteiger partial charge in [0.1, 0.15) is 5.82 Å². The fourth-order valence-corrected chi connectivity index (χ4v) is 2.06. The van der Waals surface area contributed by atoms with Crippen LogP contribution in [0.2, 0.25) is 5.02 Å². The lowest BCUT2D eigenvalue weighted by Gasteiger charge is -2.10. The number of benzene rings is 1. The fourth-order valence-electron chi connectivity index (χ4n) is 1.86. The standard InChI is InChI=1S/C12H14ClFN4/c1-7(2)11-12(15)16-17-18(11)6-8-3-4-10(14)9(13)5-8/h3-5,7H,6,15H2,1-2H3. The van der Waals surface area contributed by atoms with Gasteiger partial charge in [-0.2, -0.15) is 0 Å². The molecule has 0 fully saturated rings. The SMILES string of the molecule is CC(C)c1c(N)nnn1Cc1ccc(F)c(Cl)c1. The monoisotopic (exact) mass is 268 g/mol. The molecule has 0 radical (unpaired) electrons. The number of anilines is 1. The highest BCUT2D eigenvalue weighted by atomic mass is 35.5. The zero-order valence-electron chi connectivity index (χ0n) is 10.2. The molecule has 0 bridgehead atoms. The molecule has 2 aromatic rings. The number of nitrogen functional groups attached to an aromatic ring is 1. The maximum absolute atomic E-state index is 13.1. The van der Waals surface area contributed by atoms with E-state index >= 15 is 0 Å². The maximum atomic E-state index is 13.1. The minimum absolute atomic E-state index is 0.103. The van der Waals surface area contributed by atoms with Gasteiger partial charge in [0, 0.05) is 0 Å². The van der Waals surface area contributed by atoms with Crippen molar-refractivity contribution in [3.63, 3.8) is 0 Å². The summed E-state index contributed by atoms with van der Waals surface area (Å²) < 4.78 is 14.8. The third kappa shape index (κ3) is 2.46. The molecule has 0 amide bonds. The summed E-state index contributed by atoms with van der Waals surface area (Å²) in [5.74, 6) is 0.219. The molecule has 18 heavy (non-hydrogen) atoms. The largest absolute Gasteiger partial charge is 0.381 e. The first kappa shape index (κ1) is 12.8. The van der Waals surface area contributed by atoms with Gasteiger partial charge >= 0.3 is 0 Å². The molecule has 6 heteroatoms. The van der Waals surface area contributed by atoms with Crippen molar-refractivity contribution in [3.8, 4) is 0 Å². The van der Waals surface area contributed by atoms with Crippen LogP contribution in [-0.4, -0.2) is 15.0 Å². The van der Waals surface area contributed by atoms with Crippen LogP contribution in [0.5, 0.6) is 0 Å². The van der Waals surface area contributed by atoms with Crippen molar-refractivity contribution in [2.75, 3.05) is 5.73 Å². The van der Waals surface area contributed by atoms with Crippen LogP contribution in [-0.2, 0) is 6.54 Å². The molecular weight excluding hydrogens is 255 g/mol. The van der Waals surface area contributed by atoms with E-state index in [-0.39, 0.29) is 10.9 Å². The summed E-state index contributed by atoms with van der Waals surface area (Å²) in [5.41, 5.74) is 7.50. The molecule has 0 aliphatic heterocycles. The molecule has 2 rings (SSSR count). The molecule has 1 heterocycles. The van der Waals surface area contributed by atoms with Gasteiger partial charge in [-0.15, -0.1) is 5.10 Å². The molecule has 0 unspecified atom stereocenters. The van der Waals surface area contributed by atoms with Crippen LogP contribution in [0.15, 0.2) is 18.2 Å². The van der Waals surface area contributed by atoms with Crippen molar-refractivity contribution in [2.24, 2.45) is 0 Å². The number of halogens is 2. The lowest BCUT2D eigenvalue weighted by atomic mass is 10.1. The third-order valence-corrected chi connectivity index (χ3v) is 2.95. The van der Waals surface area contributed by atoms with E-state index < -0.39 is 5.82 Å². The number of aromatic nitrogens is 3. The molecule has 0 saturated heterocycles. The van der Waals surface area contributed by atoms with Crippen molar-refractivity contribution in [2.45, 2.75) is 26.3 Å². The first-order valence-corrected chi connectivity index (χ1v) is 5.99. The van der Waals surface area contributed by atoms with Crippen LogP contribution in [0.3, 0.4) is 0 Å². The zero-order chi connectivity index (χ0) is 13.3. The molecule has 0 aliphatic rings. The van der Waals surface area contributed by atoms with Crippen LogP contribution in [0, 0.1) is 5.82 Å². The molecule has 0 spiro atoms. The third-order valence-electron chi connectivity index (χ3n) is 2.66. The normalized spacial score (nSPS) is 11.2. The Hall–Kier alpha value is -1.62. The summed E-state index contributed by atoms with van der Waals surface area (Å²) in [6.07, 6.45) is 0. The Morgan fingerprint density at radius 2 is 2.17 bits per heavy atom. The predicted molar refractivity (Wildman–Crippen MR) is 69.0 cm³/mol. The van der Waals surface area contributed by atoms with Crippen molar-refractivity contribution in [1.82, 2.24) is 15.0 Å². The van der Waals surface area contributed by atoms with Crippen LogP contribution < -0.4 is 5.73 Å². The molecule has 1 aromatic heterocycles. The van der Waals surface area contributed by atoms with Crippen LogP contribution in [0.4, 0.5) is 10.2 Å². The van der Waals surface area contributed by atoms with Gasteiger partial charge < -0.3 is 5.73 Å². The molecule has 1 aromatic carbocycles. The molecule has 2 N–H and O–H groups in total. The molecule has 4 nitrogen and oxygen atoms in total. The predicted octanol–water partition coefficient (Wildman–Crippen LogP) is 2.82. The molecule has 96 valence electrons. The Morgan fingerprint density at radius 3 is 2.78 bits per heavy atom. The van der Waals surface area contributed by atoms with Crippen molar-refractivity contribution >= 4 is 17.4 Å². The second-order valence-electron chi connectivity index (χ2n) is 4.42. The minimum atomic E-state index is -0.428. The number of nitrogens with two attached hydrogens (primary N) is 1. The van der Waals surface area contributed by atoms with E-state index in [1.165, 1.54) is 6.07 Å².